The number of hydrogen-bond donors (Lipinski definition) is 1. The number of halogens is 2. The van der Waals surface area contributed by atoms with Crippen molar-refractivity contribution in [2.45, 2.75) is 44.2 Å². The van der Waals surface area contributed by atoms with Gasteiger partial charge < -0.3 is 10.2 Å². The zero-order valence-electron chi connectivity index (χ0n) is 11.9. The van der Waals surface area contributed by atoms with E-state index in [2.05, 4.69) is 5.32 Å². The summed E-state index contributed by atoms with van der Waals surface area (Å²) >= 11 is 0. The van der Waals surface area contributed by atoms with Gasteiger partial charge >= 0.3 is 0 Å². The Bertz CT molecular complexity index is 511. The van der Waals surface area contributed by atoms with E-state index in [4.69, 9.17) is 0 Å². The number of benzene rings is 1. The first-order valence-corrected chi connectivity index (χ1v) is 7.61. The molecule has 2 fully saturated rings. The van der Waals surface area contributed by atoms with Crippen LogP contribution in [0.25, 0.3) is 0 Å². The largest absolute Gasteiger partial charge is 0.341 e. The number of rotatable bonds is 5. The van der Waals surface area contributed by atoms with Gasteiger partial charge in [0, 0.05) is 25.2 Å². The van der Waals surface area contributed by atoms with Gasteiger partial charge in [-0.15, -0.1) is 0 Å². The zero-order chi connectivity index (χ0) is 14.8. The number of nitrogens with zero attached hydrogens (tertiary/aromatic N) is 1. The molecule has 1 saturated heterocycles. The van der Waals surface area contributed by atoms with Gasteiger partial charge in [-0.2, -0.15) is 0 Å². The Kier molecular flexibility index (Phi) is 4.19. The maximum absolute atomic E-state index is 13.2. The van der Waals surface area contributed by atoms with Crippen molar-refractivity contribution in [1.82, 2.24) is 10.2 Å². The minimum atomic E-state index is -0.566. The Labute approximate surface area is 123 Å². The smallest absolute Gasteiger partial charge is 0.239 e. The van der Waals surface area contributed by atoms with Crippen molar-refractivity contribution < 1.29 is 13.6 Å². The van der Waals surface area contributed by atoms with E-state index in [1.807, 2.05) is 4.90 Å². The average molecular weight is 294 g/mol. The van der Waals surface area contributed by atoms with Gasteiger partial charge in [-0.3, -0.25) is 4.79 Å². The molecule has 1 aromatic carbocycles. The molecule has 2 aliphatic rings. The molecule has 1 aliphatic carbocycles. The molecule has 0 aromatic heterocycles. The number of nitrogens with one attached hydrogen (secondary N) is 1. The monoisotopic (exact) mass is 294 g/mol. The highest BCUT2D eigenvalue weighted by atomic mass is 19.1. The van der Waals surface area contributed by atoms with Crippen molar-refractivity contribution >= 4 is 5.91 Å². The highest BCUT2D eigenvalue weighted by Gasteiger charge is 2.33. The first-order chi connectivity index (χ1) is 10.1. The van der Waals surface area contributed by atoms with Crippen molar-refractivity contribution in [1.29, 1.82) is 0 Å². The second kappa shape index (κ2) is 6.10. The van der Waals surface area contributed by atoms with Crippen LogP contribution in [-0.2, 0) is 11.2 Å². The fourth-order valence-corrected chi connectivity index (χ4v) is 2.87. The molecule has 1 aromatic rings. The maximum Gasteiger partial charge on any atom is 0.239 e. The van der Waals surface area contributed by atoms with Gasteiger partial charge in [-0.05, 0) is 49.8 Å². The van der Waals surface area contributed by atoms with Gasteiger partial charge in [-0.1, -0.05) is 0 Å². The van der Waals surface area contributed by atoms with Gasteiger partial charge in [0.25, 0.3) is 0 Å². The third kappa shape index (κ3) is 3.79. The second-order valence-electron chi connectivity index (χ2n) is 5.99. The molecule has 0 bridgehead atoms. The summed E-state index contributed by atoms with van der Waals surface area (Å²) in [6, 6.07) is 3.96. The first-order valence-electron chi connectivity index (χ1n) is 7.61. The van der Waals surface area contributed by atoms with Crippen molar-refractivity contribution in [3.8, 4) is 0 Å². The van der Waals surface area contributed by atoms with E-state index in [-0.39, 0.29) is 11.9 Å². The SMILES string of the molecule is O=C1C(NC2CC2)CCCN1CCc1cc(F)cc(F)c1. The third-order valence-corrected chi connectivity index (χ3v) is 4.14. The lowest BCUT2D eigenvalue weighted by molar-refractivity contribution is -0.136. The van der Waals surface area contributed by atoms with E-state index < -0.39 is 11.6 Å². The highest BCUT2D eigenvalue weighted by Crippen LogP contribution is 2.22. The summed E-state index contributed by atoms with van der Waals surface area (Å²) in [5, 5.41) is 3.38. The van der Waals surface area contributed by atoms with Crippen LogP contribution in [0, 0.1) is 11.6 Å². The summed E-state index contributed by atoms with van der Waals surface area (Å²) in [6.07, 6.45) is 4.67. The lowest BCUT2D eigenvalue weighted by Gasteiger charge is -2.33. The van der Waals surface area contributed by atoms with Crippen LogP contribution in [0.1, 0.15) is 31.2 Å². The van der Waals surface area contributed by atoms with Crippen LogP contribution in [0.3, 0.4) is 0 Å². The molecule has 1 amide bonds. The molecule has 1 saturated carbocycles. The summed E-state index contributed by atoms with van der Waals surface area (Å²) in [4.78, 5) is 14.2. The van der Waals surface area contributed by atoms with Gasteiger partial charge in [0.2, 0.25) is 5.91 Å². The van der Waals surface area contributed by atoms with E-state index in [1.165, 1.54) is 12.1 Å². The fraction of sp³-hybridized carbons (Fsp3) is 0.562. The summed E-state index contributed by atoms with van der Waals surface area (Å²) in [7, 11) is 0. The van der Waals surface area contributed by atoms with Crippen LogP contribution in [0.5, 0.6) is 0 Å². The summed E-state index contributed by atoms with van der Waals surface area (Å²) in [5.41, 5.74) is 0.595. The van der Waals surface area contributed by atoms with Crippen molar-refractivity contribution in [3.63, 3.8) is 0 Å². The first kappa shape index (κ1) is 14.4. The Morgan fingerprint density at radius 3 is 2.52 bits per heavy atom. The van der Waals surface area contributed by atoms with E-state index in [0.717, 1.165) is 38.3 Å². The molecule has 1 aliphatic heterocycles. The van der Waals surface area contributed by atoms with E-state index >= 15 is 0 Å². The zero-order valence-corrected chi connectivity index (χ0v) is 11.9. The van der Waals surface area contributed by atoms with Gasteiger partial charge in [-0.25, -0.2) is 8.78 Å². The second-order valence-corrected chi connectivity index (χ2v) is 5.99. The molecule has 1 heterocycles. The Morgan fingerprint density at radius 2 is 1.86 bits per heavy atom. The molecule has 1 atom stereocenters. The number of amides is 1. The average Bonchev–Trinajstić information content (AvgIpc) is 3.23. The molecular weight excluding hydrogens is 274 g/mol. The summed E-state index contributed by atoms with van der Waals surface area (Å²) in [6.45, 7) is 1.25. The normalized spacial score (nSPS) is 22.7. The number of likely N-dealkylation sites (tertiary alicyclic amines) is 1. The van der Waals surface area contributed by atoms with Crippen molar-refractivity contribution in [3.05, 3.63) is 35.4 Å². The minimum Gasteiger partial charge on any atom is -0.341 e. The van der Waals surface area contributed by atoms with Crippen LogP contribution in [-0.4, -0.2) is 36.0 Å². The van der Waals surface area contributed by atoms with Crippen LogP contribution < -0.4 is 5.32 Å². The highest BCUT2D eigenvalue weighted by molar-refractivity contribution is 5.82. The molecule has 114 valence electrons. The van der Waals surface area contributed by atoms with Crippen LogP contribution in [0.4, 0.5) is 8.78 Å². The fourth-order valence-electron chi connectivity index (χ4n) is 2.87. The Morgan fingerprint density at radius 1 is 1.14 bits per heavy atom. The van der Waals surface area contributed by atoms with Gasteiger partial charge in [0.1, 0.15) is 11.6 Å². The lowest BCUT2D eigenvalue weighted by Crippen LogP contribution is -2.51. The van der Waals surface area contributed by atoms with Crippen molar-refractivity contribution in [2.24, 2.45) is 0 Å². The molecule has 3 nitrogen and oxygen atoms in total. The molecule has 1 unspecified atom stereocenters. The molecule has 0 radical (unpaired) electrons. The predicted molar refractivity (Wildman–Crippen MR) is 75.8 cm³/mol. The number of carbonyl (C=O) groups excluding carboxylic acids is 1. The van der Waals surface area contributed by atoms with E-state index in [1.54, 1.807) is 0 Å². The number of hydrogen-bond acceptors (Lipinski definition) is 2. The Hall–Kier alpha value is -1.49. The van der Waals surface area contributed by atoms with E-state index in [0.29, 0.717) is 24.6 Å². The van der Waals surface area contributed by atoms with Gasteiger partial charge in [0.15, 0.2) is 0 Å². The lowest BCUT2D eigenvalue weighted by atomic mass is 10.0. The summed E-state index contributed by atoms with van der Waals surface area (Å²) < 4.78 is 26.3. The Balaban J connectivity index is 1.57. The van der Waals surface area contributed by atoms with Gasteiger partial charge in [0.05, 0.1) is 6.04 Å². The molecule has 5 heteroatoms. The maximum atomic E-state index is 13.2. The number of piperidine rings is 1. The minimum absolute atomic E-state index is 0.0736. The molecular formula is C16H20F2N2O. The molecule has 0 spiro atoms. The number of carbonyl (C=O) groups is 1. The third-order valence-electron chi connectivity index (χ3n) is 4.14. The van der Waals surface area contributed by atoms with Crippen molar-refractivity contribution in [2.75, 3.05) is 13.1 Å². The molecule has 1 N–H and O–H groups in total. The molecule has 21 heavy (non-hydrogen) atoms. The van der Waals surface area contributed by atoms with Crippen LogP contribution >= 0.6 is 0 Å². The van der Waals surface area contributed by atoms with Crippen LogP contribution in [0.15, 0.2) is 18.2 Å². The summed E-state index contributed by atoms with van der Waals surface area (Å²) in [5.74, 6) is -1.00. The quantitative estimate of drug-likeness (QED) is 0.903. The topological polar surface area (TPSA) is 32.3 Å². The predicted octanol–water partition coefficient (Wildman–Crippen LogP) is 2.25. The molecule has 3 rings (SSSR count). The van der Waals surface area contributed by atoms with E-state index in [9.17, 15) is 13.6 Å². The van der Waals surface area contributed by atoms with Crippen LogP contribution in [0.2, 0.25) is 0 Å². The standard InChI is InChI=1S/C16H20F2N2O/c17-12-8-11(9-13(18)10-12)5-7-20-6-1-2-15(16(20)21)19-14-3-4-14/h8-10,14-15,19H,1-7H2.